The van der Waals surface area contributed by atoms with Crippen molar-refractivity contribution in [2.75, 3.05) is 24.2 Å². The number of anilines is 2. The Hall–Kier alpha value is -1.73. The number of aliphatic hydroxyl groups is 1. The van der Waals surface area contributed by atoms with E-state index in [-0.39, 0.29) is 12.0 Å². The summed E-state index contributed by atoms with van der Waals surface area (Å²) in [6.45, 7) is 1.04. The van der Waals surface area contributed by atoms with E-state index in [2.05, 4.69) is 11.4 Å². The van der Waals surface area contributed by atoms with E-state index in [0.29, 0.717) is 11.3 Å². The number of hydrogen-bond acceptors (Lipinski definition) is 4. The van der Waals surface area contributed by atoms with Crippen molar-refractivity contribution in [2.24, 2.45) is 5.41 Å². The van der Waals surface area contributed by atoms with E-state index in [1.165, 1.54) is 0 Å². The minimum absolute atomic E-state index is 0.231. The summed E-state index contributed by atoms with van der Waals surface area (Å²) >= 11 is 0. The van der Waals surface area contributed by atoms with Crippen molar-refractivity contribution >= 4 is 11.4 Å². The normalized spacial score (nSPS) is 16.2. The Morgan fingerprint density at radius 3 is 2.82 bits per heavy atom. The molecule has 0 radical (unpaired) electrons. The molecule has 1 aliphatic carbocycles. The third-order valence-corrected chi connectivity index (χ3v) is 3.42. The summed E-state index contributed by atoms with van der Waals surface area (Å²) in [5.41, 5.74) is 7.87. The number of nitrogens with two attached hydrogens (primary N) is 1. The molecule has 0 aromatic heterocycles. The Bertz CT molecular complexity index is 446. The molecule has 1 aromatic rings. The number of rotatable bonds is 5. The first kappa shape index (κ1) is 11.7. The lowest BCUT2D eigenvalue weighted by Gasteiger charge is -2.16. The molecule has 1 saturated carbocycles. The molecule has 1 aromatic carbocycles. The fraction of sp³-hybridized carbons (Fsp3) is 0.462. The van der Waals surface area contributed by atoms with Crippen LogP contribution >= 0.6 is 0 Å². The summed E-state index contributed by atoms with van der Waals surface area (Å²) in [6, 6.07) is 7.43. The van der Waals surface area contributed by atoms with Gasteiger partial charge in [-0.05, 0) is 42.9 Å². The molecular weight excluding hydrogens is 214 g/mol. The van der Waals surface area contributed by atoms with Crippen molar-refractivity contribution < 1.29 is 5.11 Å². The predicted molar refractivity (Wildman–Crippen MR) is 67.4 cm³/mol. The van der Waals surface area contributed by atoms with Gasteiger partial charge in [0.2, 0.25) is 0 Å². The summed E-state index contributed by atoms with van der Waals surface area (Å²) < 4.78 is 0. The molecule has 0 unspecified atom stereocenters. The lowest BCUT2D eigenvalue weighted by atomic mass is 10.0. The molecule has 0 amide bonds. The van der Waals surface area contributed by atoms with Gasteiger partial charge in [0, 0.05) is 18.8 Å². The predicted octanol–water partition coefficient (Wildman–Crippen LogP) is 1.71. The average molecular weight is 231 g/mol. The lowest BCUT2D eigenvalue weighted by Crippen LogP contribution is -2.17. The Morgan fingerprint density at radius 1 is 1.47 bits per heavy atom. The van der Waals surface area contributed by atoms with Crippen molar-refractivity contribution in [3.05, 3.63) is 23.8 Å². The highest BCUT2D eigenvalue weighted by Gasteiger charge is 2.41. The maximum atomic E-state index is 9.01. The van der Waals surface area contributed by atoms with E-state index in [0.717, 1.165) is 31.5 Å². The van der Waals surface area contributed by atoms with E-state index < -0.39 is 0 Å². The zero-order valence-electron chi connectivity index (χ0n) is 9.74. The largest absolute Gasteiger partial charge is 0.399 e. The maximum absolute atomic E-state index is 9.01. The highest BCUT2D eigenvalue weighted by Crippen LogP contribution is 2.48. The van der Waals surface area contributed by atoms with Gasteiger partial charge < -0.3 is 16.2 Å². The molecule has 0 saturated heterocycles. The van der Waals surface area contributed by atoms with Crippen molar-refractivity contribution in [1.29, 1.82) is 5.26 Å². The Morgan fingerprint density at radius 2 is 2.24 bits per heavy atom. The molecule has 1 aliphatic rings. The molecule has 17 heavy (non-hydrogen) atoms. The summed E-state index contributed by atoms with van der Waals surface area (Å²) in [5.74, 6) is 0. The first-order valence-electron chi connectivity index (χ1n) is 5.83. The number of nitrogens with zero attached hydrogens (tertiary/aromatic N) is 1. The highest BCUT2D eigenvalue weighted by molar-refractivity contribution is 5.63. The van der Waals surface area contributed by atoms with Gasteiger partial charge in [0.1, 0.15) is 6.07 Å². The maximum Gasteiger partial charge on any atom is 0.101 e. The van der Waals surface area contributed by atoms with Crippen LogP contribution < -0.4 is 11.1 Å². The fourth-order valence-corrected chi connectivity index (χ4v) is 2.02. The van der Waals surface area contributed by atoms with Crippen molar-refractivity contribution in [2.45, 2.75) is 19.3 Å². The van der Waals surface area contributed by atoms with Gasteiger partial charge in [-0.3, -0.25) is 0 Å². The van der Waals surface area contributed by atoms with Crippen LogP contribution in [0.3, 0.4) is 0 Å². The highest BCUT2D eigenvalue weighted by atomic mass is 16.3. The van der Waals surface area contributed by atoms with Crippen LogP contribution in [0.2, 0.25) is 0 Å². The van der Waals surface area contributed by atoms with Crippen LogP contribution in [0.1, 0.15) is 24.8 Å². The van der Waals surface area contributed by atoms with Crippen molar-refractivity contribution in [3.63, 3.8) is 0 Å². The quantitative estimate of drug-likeness (QED) is 0.674. The first-order valence-corrected chi connectivity index (χ1v) is 5.83. The topological polar surface area (TPSA) is 82.1 Å². The van der Waals surface area contributed by atoms with Gasteiger partial charge in [-0.25, -0.2) is 0 Å². The molecule has 0 aliphatic heterocycles. The van der Waals surface area contributed by atoms with Crippen LogP contribution in [-0.2, 0) is 0 Å². The number of aliphatic hydroxyl groups excluding tert-OH is 1. The number of nitrogen functional groups attached to an aromatic ring is 1. The van der Waals surface area contributed by atoms with Gasteiger partial charge in [-0.1, -0.05) is 0 Å². The third kappa shape index (κ3) is 2.69. The molecule has 4 N–H and O–H groups in total. The van der Waals surface area contributed by atoms with E-state index in [9.17, 15) is 0 Å². The smallest absolute Gasteiger partial charge is 0.101 e. The van der Waals surface area contributed by atoms with Gasteiger partial charge in [0.25, 0.3) is 0 Å². The van der Waals surface area contributed by atoms with Gasteiger partial charge >= 0.3 is 0 Å². The molecular formula is C13H17N3O. The summed E-state index contributed by atoms with van der Waals surface area (Å²) in [5, 5.41) is 21.3. The van der Waals surface area contributed by atoms with Gasteiger partial charge in [-0.15, -0.1) is 0 Å². The molecule has 0 atom stereocenters. The Kier molecular flexibility index (Phi) is 3.21. The van der Waals surface area contributed by atoms with Crippen LogP contribution in [0.4, 0.5) is 11.4 Å². The molecule has 4 nitrogen and oxygen atoms in total. The molecule has 0 heterocycles. The Labute approximate surface area is 101 Å². The number of benzene rings is 1. The van der Waals surface area contributed by atoms with Gasteiger partial charge in [0.15, 0.2) is 0 Å². The Balaban J connectivity index is 2.02. The molecule has 1 fully saturated rings. The zero-order chi connectivity index (χ0) is 12.3. The molecule has 4 heteroatoms. The van der Waals surface area contributed by atoms with Crippen LogP contribution in [0.25, 0.3) is 0 Å². The molecule has 2 rings (SSSR count). The van der Waals surface area contributed by atoms with E-state index in [4.69, 9.17) is 16.1 Å². The fourth-order valence-electron chi connectivity index (χ4n) is 2.02. The second-order valence-corrected chi connectivity index (χ2v) is 4.74. The molecule has 0 spiro atoms. The minimum atomic E-state index is 0.231. The van der Waals surface area contributed by atoms with Gasteiger partial charge in [-0.2, -0.15) is 5.26 Å². The van der Waals surface area contributed by atoms with Gasteiger partial charge in [0.05, 0.1) is 11.3 Å². The van der Waals surface area contributed by atoms with Crippen LogP contribution in [0.15, 0.2) is 18.2 Å². The summed E-state index contributed by atoms with van der Waals surface area (Å²) in [7, 11) is 0. The van der Waals surface area contributed by atoms with E-state index in [1.54, 1.807) is 12.1 Å². The van der Waals surface area contributed by atoms with Crippen LogP contribution in [-0.4, -0.2) is 18.3 Å². The van der Waals surface area contributed by atoms with E-state index >= 15 is 0 Å². The number of hydrogen-bond donors (Lipinski definition) is 3. The van der Waals surface area contributed by atoms with Crippen molar-refractivity contribution in [1.82, 2.24) is 0 Å². The molecule has 0 bridgehead atoms. The second-order valence-electron chi connectivity index (χ2n) is 4.74. The molecule has 90 valence electrons. The summed E-state index contributed by atoms with van der Waals surface area (Å²) in [6.07, 6.45) is 3.13. The zero-order valence-corrected chi connectivity index (χ0v) is 9.74. The third-order valence-electron chi connectivity index (χ3n) is 3.42. The monoisotopic (exact) mass is 231 g/mol. The van der Waals surface area contributed by atoms with Crippen molar-refractivity contribution in [3.8, 4) is 6.07 Å². The van der Waals surface area contributed by atoms with Crippen LogP contribution in [0, 0.1) is 16.7 Å². The lowest BCUT2D eigenvalue weighted by molar-refractivity contribution is 0.253. The minimum Gasteiger partial charge on any atom is -0.399 e. The van der Waals surface area contributed by atoms with E-state index in [1.807, 2.05) is 6.07 Å². The number of nitriles is 1. The number of nitrogens with one attached hydrogen (secondary N) is 1. The van der Waals surface area contributed by atoms with Crippen LogP contribution in [0.5, 0.6) is 0 Å². The first-order chi connectivity index (χ1) is 8.19. The SMILES string of the molecule is N#Cc1cc(N)ccc1NCC1(CCO)CC1. The second kappa shape index (κ2) is 4.64. The summed E-state index contributed by atoms with van der Waals surface area (Å²) in [4.78, 5) is 0. The average Bonchev–Trinajstić information content (AvgIpc) is 3.08. The standard InChI is InChI=1S/C13H17N3O/c14-8-10-7-11(15)1-2-12(10)16-9-13(3-4-13)5-6-17/h1-2,7,16-17H,3-6,9,15H2.